The van der Waals surface area contributed by atoms with E-state index in [9.17, 15) is 14.0 Å². The molecule has 1 amide bonds. The molecule has 3 rings (SSSR count). The first-order valence-corrected chi connectivity index (χ1v) is 7.64. The normalized spacial score (nSPS) is 15.7. The van der Waals surface area contributed by atoms with Crippen molar-refractivity contribution in [1.29, 1.82) is 0 Å². The number of benzene rings is 1. The SMILES string of the molecule is Cn1nccc1C(=O)C1CCN(C(=O)c2ccccc2F)CC1. The fourth-order valence-corrected chi connectivity index (χ4v) is 2.97. The van der Waals surface area contributed by atoms with E-state index in [0.717, 1.165) is 0 Å². The molecule has 0 spiro atoms. The molecule has 120 valence electrons. The third-order valence-corrected chi connectivity index (χ3v) is 4.33. The summed E-state index contributed by atoms with van der Waals surface area (Å²) in [4.78, 5) is 26.4. The first kappa shape index (κ1) is 15.4. The summed E-state index contributed by atoms with van der Waals surface area (Å²) in [6.45, 7) is 0.919. The largest absolute Gasteiger partial charge is 0.339 e. The Kier molecular flexibility index (Phi) is 4.23. The van der Waals surface area contributed by atoms with Gasteiger partial charge in [-0.1, -0.05) is 12.1 Å². The molecule has 1 saturated heterocycles. The van der Waals surface area contributed by atoms with Crippen LogP contribution in [-0.2, 0) is 7.05 Å². The molecule has 0 saturated carbocycles. The monoisotopic (exact) mass is 315 g/mol. The van der Waals surface area contributed by atoms with Crippen molar-refractivity contribution in [3.8, 4) is 0 Å². The molecule has 6 heteroatoms. The molecule has 1 aromatic heterocycles. The molecule has 0 bridgehead atoms. The van der Waals surface area contributed by atoms with Crippen LogP contribution < -0.4 is 0 Å². The van der Waals surface area contributed by atoms with Gasteiger partial charge in [-0.3, -0.25) is 14.3 Å². The second kappa shape index (κ2) is 6.32. The number of hydrogen-bond donors (Lipinski definition) is 0. The van der Waals surface area contributed by atoms with E-state index in [2.05, 4.69) is 5.10 Å². The van der Waals surface area contributed by atoms with E-state index < -0.39 is 5.82 Å². The van der Waals surface area contributed by atoms with Crippen molar-refractivity contribution >= 4 is 11.7 Å². The van der Waals surface area contributed by atoms with E-state index in [4.69, 9.17) is 0 Å². The summed E-state index contributed by atoms with van der Waals surface area (Å²) >= 11 is 0. The molecule has 1 aliphatic heterocycles. The average molecular weight is 315 g/mol. The van der Waals surface area contributed by atoms with Crippen molar-refractivity contribution in [2.45, 2.75) is 12.8 Å². The summed E-state index contributed by atoms with van der Waals surface area (Å²) in [6.07, 6.45) is 2.78. The zero-order chi connectivity index (χ0) is 16.4. The van der Waals surface area contributed by atoms with Gasteiger partial charge in [0.1, 0.15) is 11.5 Å². The Morgan fingerprint density at radius 1 is 1.17 bits per heavy atom. The number of amides is 1. The summed E-state index contributed by atoms with van der Waals surface area (Å²) in [5, 5.41) is 4.01. The third kappa shape index (κ3) is 3.02. The topological polar surface area (TPSA) is 55.2 Å². The van der Waals surface area contributed by atoms with Crippen LogP contribution in [0.2, 0.25) is 0 Å². The molecule has 0 radical (unpaired) electrons. The fraction of sp³-hybridized carbons (Fsp3) is 0.353. The van der Waals surface area contributed by atoms with Crippen molar-refractivity contribution < 1.29 is 14.0 Å². The van der Waals surface area contributed by atoms with E-state index >= 15 is 0 Å². The number of nitrogens with zero attached hydrogens (tertiary/aromatic N) is 3. The molecule has 23 heavy (non-hydrogen) atoms. The third-order valence-electron chi connectivity index (χ3n) is 4.33. The lowest BCUT2D eigenvalue weighted by Crippen LogP contribution is -2.40. The maximum absolute atomic E-state index is 13.7. The second-order valence-corrected chi connectivity index (χ2v) is 5.75. The number of halogens is 1. The lowest BCUT2D eigenvalue weighted by atomic mass is 9.90. The van der Waals surface area contributed by atoms with Gasteiger partial charge in [0.2, 0.25) is 0 Å². The molecule has 0 unspecified atom stereocenters. The smallest absolute Gasteiger partial charge is 0.256 e. The molecular formula is C17H18FN3O2. The predicted octanol–water partition coefficient (Wildman–Crippen LogP) is 2.29. The molecular weight excluding hydrogens is 297 g/mol. The van der Waals surface area contributed by atoms with Gasteiger partial charge < -0.3 is 4.90 Å². The Morgan fingerprint density at radius 3 is 2.48 bits per heavy atom. The minimum atomic E-state index is -0.509. The van der Waals surface area contributed by atoms with Crippen molar-refractivity contribution in [2.24, 2.45) is 13.0 Å². The summed E-state index contributed by atoms with van der Waals surface area (Å²) in [5.41, 5.74) is 0.674. The standard InChI is InChI=1S/C17H18FN3O2/c1-20-15(6-9-19-20)16(22)12-7-10-21(11-8-12)17(23)13-4-2-3-5-14(13)18/h2-6,9,12H,7-8,10-11H2,1H3. The molecule has 1 aromatic carbocycles. The Labute approximate surface area is 133 Å². The van der Waals surface area contributed by atoms with Crippen molar-refractivity contribution in [1.82, 2.24) is 14.7 Å². The number of piperidine rings is 1. The Hall–Kier alpha value is -2.50. The molecule has 0 atom stereocenters. The van der Waals surface area contributed by atoms with Gasteiger partial charge in [0.05, 0.1) is 5.56 Å². The first-order chi connectivity index (χ1) is 11.1. The maximum Gasteiger partial charge on any atom is 0.256 e. The van der Waals surface area contributed by atoms with Gasteiger partial charge in [-0.05, 0) is 31.0 Å². The lowest BCUT2D eigenvalue weighted by Gasteiger charge is -2.31. The van der Waals surface area contributed by atoms with Gasteiger partial charge in [-0.15, -0.1) is 0 Å². The highest BCUT2D eigenvalue weighted by atomic mass is 19.1. The van der Waals surface area contributed by atoms with Crippen LogP contribution in [-0.4, -0.2) is 39.5 Å². The van der Waals surface area contributed by atoms with Crippen molar-refractivity contribution in [3.63, 3.8) is 0 Å². The minimum absolute atomic E-state index is 0.0583. The number of hydrogen-bond acceptors (Lipinski definition) is 3. The van der Waals surface area contributed by atoms with E-state index in [1.165, 1.54) is 12.1 Å². The first-order valence-electron chi connectivity index (χ1n) is 7.64. The number of aromatic nitrogens is 2. The van der Waals surface area contributed by atoms with Gasteiger partial charge in [-0.25, -0.2) is 4.39 Å². The van der Waals surface area contributed by atoms with Gasteiger partial charge in [-0.2, -0.15) is 5.10 Å². The lowest BCUT2D eigenvalue weighted by molar-refractivity contribution is 0.0644. The molecule has 1 fully saturated rings. The summed E-state index contributed by atoms with van der Waals surface area (Å²) in [7, 11) is 1.74. The summed E-state index contributed by atoms with van der Waals surface area (Å²) < 4.78 is 15.3. The van der Waals surface area contributed by atoms with Crippen LogP contribution in [0.4, 0.5) is 4.39 Å². The number of carbonyl (C=O) groups excluding carboxylic acids is 2. The van der Waals surface area contributed by atoms with Crippen LogP contribution in [0.5, 0.6) is 0 Å². The molecule has 1 aliphatic rings. The summed E-state index contributed by atoms with van der Waals surface area (Å²) in [6, 6.07) is 7.69. The highest BCUT2D eigenvalue weighted by Crippen LogP contribution is 2.23. The van der Waals surface area contributed by atoms with E-state index in [0.29, 0.717) is 31.6 Å². The zero-order valence-electron chi connectivity index (χ0n) is 12.9. The van der Waals surface area contributed by atoms with E-state index in [1.807, 2.05) is 0 Å². The van der Waals surface area contributed by atoms with Crippen LogP contribution in [0, 0.1) is 11.7 Å². The minimum Gasteiger partial charge on any atom is -0.339 e. The van der Waals surface area contributed by atoms with Crippen LogP contribution >= 0.6 is 0 Å². The molecule has 5 nitrogen and oxygen atoms in total. The van der Waals surface area contributed by atoms with Crippen LogP contribution in [0.15, 0.2) is 36.5 Å². The average Bonchev–Trinajstić information content (AvgIpc) is 3.00. The number of likely N-dealkylation sites (tertiary alicyclic amines) is 1. The van der Waals surface area contributed by atoms with Crippen LogP contribution in [0.3, 0.4) is 0 Å². The van der Waals surface area contributed by atoms with E-state index in [-0.39, 0.29) is 23.2 Å². The van der Waals surface area contributed by atoms with E-state index in [1.54, 1.807) is 41.0 Å². The number of rotatable bonds is 3. The highest BCUT2D eigenvalue weighted by molar-refractivity contribution is 5.97. The number of ketones is 1. The number of carbonyl (C=O) groups is 2. The second-order valence-electron chi connectivity index (χ2n) is 5.75. The van der Waals surface area contributed by atoms with Crippen LogP contribution in [0.1, 0.15) is 33.7 Å². The maximum atomic E-state index is 13.7. The van der Waals surface area contributed by atoms with Gasteiger partial charge in [0.25, 0.3) is 5.91 Å². The number of Topliss-reactive ketones (excluding diaryl/α,β-unsaturated/α-hetero) is 1. The van der Waals surface area contributed by atoms with Crippen LogP contribution in [0.25, 0.3) is 0 Å². The Balaban J connectivity index is 1.65. The quantitative estimate of drug-likeness (QED) is 0.817. The summed E-state index contributed by atoms with van der Waals surface area (Å²) in [5.74, 6) is -0.877. The zero-order valence-corrected chi connectivity index (χ0v) is 12.9. The number of aryl methyl sites for hydroxylation is 1. The molecule has 0 N–H and O–H groups in total. The van der Waals surface area contributed by atoms with Gasteiger partial charge in [0.15, 0.2) is 5.78 Å². The Morgan fingerprint density at radius 2 is 1.87 bits per heavy atom. The molecule has 0 aliphatic carbocycles. The van der Waals surface area contributed by atoms with Gasteiger partial charge >= 0.3 is 0 Å². The fourth-order valence-electron chi connectivity index (χ4n) is 2.97. The van der Waals surface area contributed by atoms with Gasteiger partial charge in [0, 0.05) is 32.3 Å². The highest BCUT2D eigenvalue weighted by Gasteiger charge is 2.30. The molecule has 2 aromatic rings. The predicted molar refractivity (Wildman–Crippen MR) is 82.6 cm³/mol. The van der Waals surface area contributed by atoms with Crippen molar-refractivity contribution in [2.75, 3.05) is 13.1 Å². The van der Waals surface area contributed by atoms with Crippen molar-refractivity contribution in [3.05, 3.63) is 53.6 Å². The Bertz CT molecular complexity index is 733. The molecule has 2 heterocycles.